The minimum absolute atomic E-state index is 0.00338. The van der Waals surface area contributed by atoms with Crippen molar-refractivity contribution >= 4 is 0 Å². The van der Waals surface area contributed by atoms with E-state index in [2.05, 4.69) is 6.92 Å². The Balaban J connectivity index is 2.06. The molecule has 0 amide bonds. The molecule has 1 fully saturated rings. The van der Waals surface area contributed by atoms with Crippen molar-refractivity contribution in [3.63, 3.8) is 0 Å². The van der Waals surface area contributed by atoms with Crippen molar-refractivity contribution in [3.8, 4) is 0 Å². The summed E-state index contributed by atoms with van der Waals surface area (Å²) in [6.07, 6.45) is 16.7. The smallest absolute Gasteiger partial charge is 0.146 e. The molecule has 144 valence electrons. The van der Waals surface area contributed by atoms with Crippen LogP contribution in [0.15, 0.2) is 0 Å². The van der Waals surface area contributed by atoms with Crippen molar-refractivity contribution in [1.82, 2.24) is 0 Å². The Hall–Kier alpha value is -0.160. The summed E-state index contributed by atoms with van der Waals surface area (Å²) in [6, 6.07) is 0. The topological polar surface area (TPSA) is 47.9 Å². The van der Waals surface area contributed by atoms with Crippen LogP contribution >= 0.6 is 0 Å². The summed E-state index contributed by atoms with van der Waals surface area (Å²) in [5, 5.41) is 9.22. The Labute approximate surface area is 149 Å². The van der Waals surface area contributed by atoms with Crippen LogP contribution < -0.4 is 0 Å². The highest BCUT2D eigenvalue weighted by Crippen LogP contribution is 2.26. The van der Waals surface area contributed by atoms with Gasteiger partial charge < -0.3 is 19.3 Å². The Bertz CT molecular complexity index is 272. The monoisotopic (exact) mass is 344 g/mol. The number of unbranched alkanes of at least 4 members (excludes halogenated alkanes) is 9. The lowest BCUT2D eigenvalue weighted by molar-refractivity contribution is -0.130. The molecule has 4 nitrogen and oxygen atoms in total. The second-order valence-electron chi connectivity index (χ2n) is 7.14. The molecule has 0 aromatic rings. The minimum atomic E-state index is -0.00338. The predicted molar refractivity (Wildman–Crippen MR) is 98.2 cm³/mol. The molecular weight excluding hydrogens is 304 g/mol. The first kappa shape index (κ1) is 21.9. The van der Waals surface area contributed by atoms with Gasteiger partial charge in [-0.3, -0.25) is 0 Å². The SMILES string of the molecule is CCCCCCCCCCCC[C@@H](OCOC)[C@H]1CC[C@H](CO)O1. The number of ether oxygens (including phenoxy) is 3. The van der Waals surface area contributed by atoms with Gasteiger partial charge in [-0.25, -0.2) is 0 Å². The highest BCUT2D eigenvalue weighted by atomic mass is 16.7. The van der Waals surface area contributed by atoms with Crippen LogP contribution in [0.3, 0.4) is 0 Å². The number of rotatable bonds is 16. The fourth-order valence-electron chi connectivity index (χ4n) is 3.51. The highest BCUT2D eigenvalue weighted by molar-refractivity contribution is 4.80. The minimum Gasteiger partial charge on any atom is -0.394 e. The third-order valence-electron chi connectivity index (χ3n) is 5.00. The van der Waals surface area contributed by atoms with E-state index in [1.807, 2.05) is 0 Å². The fraction of sp³-hybridized carbons (Fsp3) is 1.00. The van der Waals surface area contributed by atoms with E-state index in [9.17, 15) is 5.11 Å². The zero-order chi connectivity index (χ0) is 17.5. The molecule has 1 aliphatic heterocycles. The van der Waals surface area contributed by atoms with Gasteiger partial charge in [-0.1, -0.05) is 71.1 Å². The summed E-state index contributed by atoms with van der Waals surface area (Å²) in [6.45, 7) is 2.71. The normalized spacial score (nSPS) is 22.1. The molecule has 1 N–H and O–H groups in total. The van der Waals surface area contributed by atoms with Crippen LogP contribution in [0, 0.1) is 0 Å². The quantitative estimate of drug-likeness (QED) is 0.322. The molecule has 0 bridgehead atoms. The molecule has 1 aliphatic rings. The highest BCUT2D eigenvalue weighted by Gasteiger charge is 2.31. The van der Waals surface area contributed by atoms with E-state index in [-0.39, 0.29) is 24.9 Å². The summed E-state index contributed by atoms with van der Waals surface area (Å²) in [5.41, 5.74) is 0. The Morgan fingerprint density at radius 1 is 0.958 bits per heavy atom. The summed E-state index contributed by atoms with van der Waals surface area (Å²) in [7, 11) is 1.66. The van der Waals surface area contributed by atoms with Gasteiger partial charge in [0.25, 0.3) is 0 Å². The first-order valence-corrected chi connectivity index (χ1v) is 10.2. The van der Waals surface area contributed by atoms with E-state index >= 15 is 0 Å². The lowest BCUT2D eigenvalue weighted by atomic mass is 10.0. The van der Waals surface area contributed by atoms with Crippen molar-refractivity contribution in [2.75, 3.05) is 20.5 Å². The van der Waals surface area contributed by atoms with E-state index in [1.54, 1.807) is 7.11 Å². The van der Waals surface area contributed by atoms with Gasteiger partial charge in [0.2, 0.25) is 0 Å². The first-order valence-electron chi connectivity index (χ1n) is 10.2. The van der Waals surface area contributed by atoms with Gasteiger partial charge >= 0.3 is 0 Å². The van der Waals surface area contributed by atoms with Gasteiger partial charge in [-0.2, -0.15) is 0 Å². The van der Waals surface area contributed by atoms with E-state index < -0.39 is 0 Å². The van der Waals surface area contributed by atoms with Crippen LogP contribution in [0.25, 0.3) is 0 Å². The lowest BCUT2D eigenvalue weighted by Gasteiger charge is -2.24. The molecule has 1 saturated heterocycles. The molecule has 0 aromatic carbocycles. The van der Waals surface area contributed by atoms with Crippen LogP contribution in [-0.4, -0.2) is 43.9 Å². The molecule has 0 unspecified atom stereocenters. The number of aliphatic hydroxyl groups excluding tert-OH is 1. The van der Waals surface area contributed by atoms with E-state index in [0.717, 1.165) is 19.3 Å². The summed E-state index contributed by atoms with van der Waals surface area (Å²) in [4.78, 5) is 0. The van der Waals surface area contributed by atoms with E-state index in [0.29, 0.717) is 6.79 Å². The standard InChI is InChI=1S/C20H40O4/c1-3-4-5-6-7-8-9-10-11-12-13-19(23-17-22-2)20-15-14-18(16-21)24-20/h18-21H,3-17H2,1-2H3/t18-,19-,20-/m1/s1. The summed E-state index contributed by atoms with van der Waals surface area (Å²) in [5.74, 6) is 0. The number of aliphatic hydroxyl groups is 1. The first-order chi connectivity index (χ1) is 11.8. The molecule has 1 rings (SSSR count). The largest absolute Gasteiger partial charge is 0.394 e. The van der Waals surface area contributed by atoms with Crippen LogP contribution in [0.4, 0.5) is 0 Å². The van der Waals surface area contributed by atoms with E-state index in [4.69, 9.17) is 14.2 Å². The second-order valence-corrected chi connectivity index (χ2v) is 7.14. The third kappa shape index (κ3) is 9.97. The van der Waals surface area contributed by atoms with Gasteiger partial charge in [0.15, 0.2) is 0 Å². The predicted octanol–water partition coefficient (Wildman–Crippen LogP) is 4.83. The van der Waals surface area contributed by atoms with Crippen LogP contribution in [0.1, 0.15) is 90.4 Å². The molecule has 0 spiro atoms. The summed E-state index contributed by atoms with van der Waals surface area (Å²) >= 11 is 0. The van der Waals surface area contributed by atoms with E-state index in [1.165, 1.54) is 64.2 Å². The molecule has 0 saturated carbocycles. The van der Waals surface area contributed by atoms with Gasteiger partial charge in [0, 0.05) is 7.11 Å². The van der Waals surface area contributed by atoms with Crippen molar-refractivity contribution in [3.05, 3.63) is 0 Å². The molecule has 0 aliphatic carbocycles. The number of methoxy groups -OCH3 is 1. The van der Waals surface area contributed by atoms with Crippen molar-refractivity contribution in [2.24, 2.45) is 0 Å². The van der Waals surface area contributed by atoms with Crippen LogP contribution in [0.5, 0.6) is 0 Å². The van der Waals surface area contributed by atoms with Crippen molar-refractivity contribution < 1.29 is 19.3 Å². The molecular formula is C20H40O4. The number of hydrogen-bond donors (Lipinski definition) is 1. The Morgan fingerprint density at radius 2 is 1.58 bits per heavy atom. The van der Waals surface area contributed by atoms with Gasteiger partial charge in [-0.05, 0) is 19.3 Å². The molecule has 0 radical (unpaired) electrons. The molecule has 4 heteroatoms. The van der Waals surface area contributed by atoms with Crippen molar-refractivity contribution in [2.45, 2.75) is 109 Å². The molecule has 0 aromatic heterocycles. The zero-order valence-corrected chi connectivity index (χ0v) is 16.0. The Morgan fingerprint density at radius 3 is 2.12 bits per heavy atom. The average Bonchev–Trinajstić information content (AvgIpc) is 3.08. The van der Waals surface area contributed by atoms with Crippen LogP contribution in [0.2, 0.25) is 0 Å². The van der Waals surface area contributed by atoms with Gasteiger partial charge in [0.05, 0.1) is 24.9 Å². The lowest BCUT2D eigenvalue weighted by Crippen LogP contribution is -2.30. The average molecular weight is 345 g/mol. The van der Waals surface area contributed by atoms with Crippen LogP contribution in [-0.2, 0) is 14.2 Å². The number of hydrogen-bond acceptors (Lipinski definition) is 4. The van der Waals surface area contributed by atoms with Crippen molar-refractivity contribution in [1.29, 1.82) is 0 Å². The molecule has 24 heavy (non-hydrogen) atoms. The van der Waals surface area contributed by atoms with Gasteiger partial charge in [-0.15, -0.1) is 0 Å². The third-order valence-corrected chi connectivity index (χ3v) is 5.00. The summed E-state index contributed by atoms with van der Waals surface area (Å²) < 4.78 is 16.8. The second kappa shape index (κ2) is 15.1. The Kier molecular flexibility index (Phi) is 13.8. The molecule has 1 heterocycles. The fourth-order valence-corrected chi connectivity index (χ4v) is 3.51. The zero-order valence-electron chi connectivity index (χ0n) is 16.0. The maximum atomic E-state index is 9.22. The maximum Gasteiger partial charge on any atom is 0.146 e. The molecule has 3 atom stereocenters. The van der Waals surface area contributed by atoms with Gasteiger partial charge in [0.1, 0.15) is 6.79 Å². The maximum absolute atomic E-state index is 9.22.